The van der Waals surface area contributed by atoms with Gasteiger partial charge in [0.1, 0.15) is 5.75 Å². The van der Waals surface area contributed by atoms with E-state index in [-0.39, 0.29) is 5.56 Å². The summed E-state index contributed by atoms with van der Waals surface area (Å²) in [6, 6.07) is 10.6. The minimum Gasteiger partial charge on any atom is -0.497 e. The molecular formula is C13H11NO3. The largest absolute Gasteiger partial charge is 0.497 e. The number of benzene rings is 1. The molecule has 0 saturated heterocycles. The maximum absolute atomic E-state index is 10.7. The number of aromatic carboxylic acids is 1. The van der Waals surface area contributed by atoms with Crippen molar-refractivity contribution in [3.63, 3.8) is 0 Å². The Bertz CT molecular complexity index is 517. The normalized spacial score (nSPS) is 9.94. The number of hydrogen-bond donors (Lipinski definition) is 1. The molecule has 1 N–H and O–H groups in total. The Morgan fingerprint density at radius 2 is 1.88 bits per heavy atom. The Labute approximate surface area is 98.5 Å². The topological polar surface area (TPSA) is 59.4 Å². The minimum atomic E-state index is -0.973. The van der Waals surface area contributed by atoms with E-state index in [1.54, 1.807) is 13.2 Å². The van der Waals surface area contributed by atoms with Gasteiger partial charge in [-0.05, 0) is 36.4 Å². The van der Waals surface area contributed by atoms with Crippen LogP contribution >= 0.6 is 0 Å². The van der Waals surface area contributed by atoms with Gasteiger partial charge in [-0.3, -0.25) is 4.98 Å². The smallest absolute Gasteiger partial charge is 0.337 e. The van der Waals surface area contributed by atoms with Gasteiger partial charge in [0.15, 0.2) is 0 Å². The van der Waals surface area contributed by atoms with Crippen molar-refractivity contribution in [1.29, 1.82) is 0 Å². The third-order valence-electron chi connectivity index (χ3n) is 2.40. The fourth-order valence-electron chi connectivity index (χ4n) is 1.45. The van der Waals surface area contributed by atoms with Crippen molar-refractivity contribution in [2.75, 3.05) is 7.11 Å². The molecule has 86 valence electrons. The van der Waals surface area contributed by atoms with Gasteiger partial charge in [-0.15, -0.1) is 0 Å². The van der Waals surface area contributed by atoms with Crippen LogP contribution in [0.5, 0.6) is 5.75 Å². The summed E-state index contributed by atoms with van der Waals surface area (Å²) in [5, 5.41) is 8.76. The SMILES string of the molecule is COc1ccc(-c2ccc(C(=O)O)cn2)cc1. The molecule has 1 heterocycles. The number of aromatic nitrogens is 1. The molecule has 0 aliphatic rings. The molecular weight excluding hydrogens is 218 g/mol. The number of carboxylic acid groups (broad SMARTS) is 1. The summed E-state index contributed by atoms with van der Waals surface area (Å²) >= 11 is 0. The number of methoxy groups -OCH3 is 1. The molecule has 0 unspecified atom stereocenters. The summed E-state index contributed by atoms with van der Waals surface area (Å²) in [4.78, 5) is 14.8. The zero-order valence-corrected chi connectivity index (χ0v) is 9.25. The highest BCUT2D eigenvalue weighted by atomic mass is 16.5. The zero-order valence-electron chi connectivity index (χ0n) is 9.25. The van der Waals surface area contributed by atoms with Crippen molar-refractivity contribution in [2.24, 2.45) is 0 Å². The van der Waals surface area contributed by atoms with Gasteiger partial charge in [0, 0.05) is 11.8 Å². The fraction of sp³-hybridized carbons (Fsp3) is 0.0769. The molecule has 0 amide bonds. The van der Waals surface area contributed by atoms with Crippen molar-refractivity contribution in [3.8, 4) is 17.0 Å². The third-order valence-corrected chi connectivity index (χ3v) is 2.40. The van der Waals surface area contributed by atoms with Crippen LogP contribution in [0.1, 0.15) is 10.4 Å². The van der Waals surface area contributed by atoms with E-state index in [1.165, 1.54) is 12.3 Å². The van der Waals surface area contributed by atoms with Crippen LogP contribution in [-0.4, -0.2) is 23.2 Å². The first-order chi connectivity index (χ1) is 8.20. The van der Waals surface area contributed by atoms with Gasteiger partial charge in [-0.25, -0.2) is 4.79 Å². The second-order valence-corrected chi connectivity index (χ2v) is 3.47. The van der Waals surface area contributed by atoms with Crippen molar-refractivity contribution in [2.45, 2.75) is 0 Å². The van der Waals surface area contributed by atoms with Crippen molar-refractivity contribution in [1.82, 2.24) is 4.98 Å². The lowest BCUT2D eigenvalue weighted by molar-refractivity contribution is 0.0696. The van der Waals surface area contributed by atoms with E-state index >= 15 is 0 Å². The van der Waals surface area contributed by atoms with Crippen LogP contribution in [0.25, 0.3) is 11.3 Å². The molecule has 4 heteroatoms. The molecule has 0 bridgehead atoms. The molecule has 1 aromatic heterocycles. The fourth-order valence-corrected chi connectivity index (χ4v) is 1.45. The molecule has 1 aromatic carbocycles. The average Bonchev–Trinajstić information content (AvgIpc) is 2.39. The van der Waals surface area contributed by atoms with Crippen LogP contribution in [0, 0.1) is 0 Å². The van der Waals surface area contributed by atoms with E-state index in [0.717, 1.165) is 17.0 Å². The van der Waals surface area contributed by atoms with Crippen LogP contribution in [0.4, 0.5) is 0 Å². The first kappa shape index (κ1) is 11.1. The van der Waals surface area contributed by atoms with Crippen molar-refractivity contribution >= 4 is 5.97 Å². The lowest BCUT2D eigenvalue weighted by Gasteiger charge is -2.03. The van der Waals surface area contributed by atoms with E-state index in [9.17, 15) is 4.79 Å². The lowest BCUT2D eigenvalue weighted by atomic mass is 10.1. The van der Waals surface area contributed by atoms with E-state index in [2.05, 4.69) is 4.98 Å². The van der Waals surface area contributed by atoms with Gasteiger partial charge in [-0.1, -0.05) is 0 Å². The maximum Gasteiger partial charge on any atom is 0.337 e. The molecule has 0 saturated carbocycles. The zero-order chi connectivity index (χ0) is 12.3. The molecule has 4 nitrogen and oxygen atoms in total. The average molecular weight is 229 g/mol. The Morgan fingerprint density at radius 1 is 1.18 bits per heavy atom. The van der Waals surface area contributed by atoms with E-state index in [0.29, 0.717) is 0 Å². The number of hydrogen-bond acceptors (Lipinski definition) is 3. The Morgan fingerprint density at radius 3 is 2.35 bits per heavy atom. The molecule has 0 aliphatic heterocycles. The molecule has 0 aliphatic carbocycles. The van der Waals surface area contributed by atoms with E-state index in [1.807, 2.05) is 24.3 Å². The first-order valence-corrected chi connectivity index (χ1v) is 5.04. The van der Waals surface area contributed by atoms with Crippen LogP contribution < -0.4 is 4.74 Å². The van der Waals surface area contributed by atoms with E-state index < -0.39 is 5.97 Å². The second kappa shape index (κ2) is 4.65. The highest BCUT2D eigenvalue weighted by molar-refractivity contribution is 5.87. The van der Waals surface area contributed by atoms with Gasteiger partial charge >= 0.3 is 5.97 Å². The Balaban J connectivity index is 2.29. The van der Waals surface area contributed by atoms with Crippen LogP contribution in [0.2, 0.25) is 0 Å². The molecule has 2 rings (SSSR count). The van der Waals surface area contributed by atoms with E-state index in [4.69, 9.17) is 9.84 Å². The summed E-state index contributed by atoms with van der Waals surface area (Å²) in [7, 11) is 1.61. The van der Waals surface area contributed by atoms with Gasteiger partial charge in [0.2, 0.25) is 0 Å². The molecule has 0 spiro atoms. The predicted molar refractivity (Wildman–Crippen MR) is 63.2 cm³/mol. The van der Waals surface area contributed by atoms with Gasteiger partial charge in [0.05, 0.1) is 18.4 Å². The molecule has 2 aromatic rings. The van der Waals surface area contributed by atoms with Gasteiger partial charge in [0.25, 0.3) is 0 Å². The minimum absolute atomic E-state index is 0.183. The third kappa shape index (κ3) is 2.42. The van der Waals surface area contributed by atoms with Gasteiger partial charge in [-0.2, -0.15) is 0 Å². The number of carbonyl (C=O) groups is 1. The summed E-state index contributed by atoms with van der Waals surface area (Å²) in [5.41, 5.74) is 1.84. The van der Waals surface area contributed by atoms with Crippen molar-refractivity contribution < 1.29 is 14.6 Å². The summed E-state index contributed by atoms with van der Waals surface area (Å²) in [5.74, 6) is -0.199. The van der Waals surface area contributed by atoms with Crippen LogP contribution in [0.15, 0.2) is 42.6 Å². The number of carboxylic acids is 1. The number of rotatable bonds is 3. The van der Waals surface area contributed by atoms with Crippen LogP contribution in [0.3, 0.4) is 0 Å². The highest BCUT2D eigenvalue weighted by Gasteiger charge is 2.04. The highest BCUT2D eigenvalue weighted by Crippen LogP contribution is 2.20. The molecule has 0 radical (unpaired) electrons. The summed E-state index contributed by atoms with van der Waals surface area (Å²) in [6.45, 7) is 0. The molecule has 0 atom stereocenters. The van der Waals surface area contributed by atoms with Gasteiger partial charge < -0.3 is 9.84 Å². The quantitative estimate of drug-likeness (QED) is 0.878. The molecule has 0 fully saturated rings. The lowest BCUT2D eigenvalue weighted by Crippen LogP contribution is -1.97. The first-order valence-electron chi connectivity index (χ1n) is 5.04. The standard InChI is InChI=1S/C13H11NO3/c1-17-11-5-2-9(3-6-11)12-7-4-10(8-14-12)13(15)16/h2-8H,1H3,(H,15,16). The Kier molecular flexibility index (Phi) is 3.05. The summed E-state index contributed by atoms with van der Waals surface area (Å²) < 4.78 is 5.06. The number of ether oxygens (including phenoxy) is 1. The monoisotopic (exact) mass is 229 g/mol. The molecule has 17 heavy (non-hydrogen) atoms. The summed E-state index contributed by atoms with van der Waals surface area (Å²) in [6.07, 6.45) is 1.35. The second-order valence-electron chi connectivity index (χ2n) is 3.47. The van der Waals surface area contributed by atoms with Crippen molar-refractivity contribution in [3.05, 3.63) is 48.2 Å². The maximum atomic E-state index is 10.7. The number of pyridine rings is 1. The van der Waals surface area contributed by atoms with Crippen LogP contribution in [-0.2, 0) is 0 Å². The predicted octanol–water partition coefficient (Wildman–Crippen LogP) is 2.46. The Hall–Kier alpha value is -2.36. The number of nitrogens with zero attached hydrogens (tertiary/aromatic N) is 1.